The normalized spacial score (nSPS) is 17.4. The van der Waals surface area contributed by atoms with Gasteiger partial charge >= 0.3 is 5.97 Å². The quantitative estimate of drug-likeness (QED) is 0.773. The van der Waals surface area contributed by atoms with Crippen molar-refractivity contribution >= 4 is 5.97 Å². The Kier molecular flexibility index (Phi) is 5.98. The van der Waals surface area contributed by atoms with E-state index in [2.05, 4.69) is 10.2 Å². The average molecular weight is 294 g/mol. The van der Waals surface area contributed by atoms with E-state index < -0.39 is 12.0 Å². The summed E-state index contributed by atoms with van der Waals surface area (Å²) in [6.07, 6.45) is 0. The van der Waals surface area contributed by atoms with E-state index in [-0.39, 0.29) is 0 Å². The number of benzene rings is 1. The maximum atomic E-state index is 11.4. The summed E-state index contributed by atoms with van der Waals surface area (Å²) < 4.78 is 10.4. The van der Waals surface area contributed by atoms with E-state index in [9.17, 15) is 9.90 Å². The van der Waals surface area contributed by atoms with Crippen molar-refractivity contribution in [2.24, 2.45) is 0 Å². The molecule has 116 valence electrons. The smallest absolute Gasteiger partial charge is 0.325 e. The number of morpholine rings is 1. The average Bonchev–Trinajstić information content (AvgIpc) is 2.52. The predicted molar refractivity (Wildman–Crippen MR) is 78.6 cm³/mol. The Labute approximate surface area is 124 Å². The highest BCUT2D eigenvalue weighted by molar-refractivity contribution is 5.75. The molecule has 1 aromatic rings. The third-order valence-corrected chi connectivity index (χ3v) is 3.58. The number of nitrogens with zero attached hydrogens (tertiary/aromatic N) is 1. The van der Waals surface area contributed by atoms with Crippen molar-refractivity contribution < 1.29 is 19.4 Å². The number of aliphatic carboxylic acids is 1. The molecular formula is C15H22N2O4. The van der Waals surface area contributed by atoms with Gasteiger partial charge in [-0.15, -0.1) is 0 Å². The Morgan fingerprint density at radius 3 is 2.62 bits per heavy atom. The molecular weight excluding hydrogens is 272 g/mol. The summed E-state index contributed by atoms with van der Waals surface area (Å²) in [5, 5.41) is 12.5. The van der Waals surface area contributed by atoms with Gasteiger partial charge in [0.25, 0.3) is 0 Å². The van der Waals surface area contributed by atoms with Crippen LogP contribution in [0.5, 0.6) is 5.75 Å². The lowest BCUT2D eigenvalue weighted by Gasteiger charge is -2.27. The number of carboxylic acid groups (broad SMARTS) is 1. The molecule has 1 unspecified atom stereocenters. The van der Waals surface area contributed by atoms with Crippen LogP contribution < -0.4 is 10.1 Å². The summed E-state index contributed by atoms with van der Waals surface area (Å²) in [6, 6.07) is 6.40. The van der Waals surface area contributed by atoms with Crippen LogP contribution in [0, 0.1) is 0 Å². The third-order valence-electron chi connectivity index (χ3n) is 3.58. The molecule has 0 radical (unpaired) electrons. The van der Waals surface area contributed by atoms with E-state index in [1.165, 1.54) is 0 Å². The molecule has 1 heterocycles. The summed E-state index contributed by atoms with van der Waals surface area (Å²) in [4.78, 5) is 13.7. The third kappa shape index (κ3) is 4.70. The van der Waals surface area contributed by atoms with E-state index in [0.717, 1.165) is 44.2 Å². The molecule has 0 bridgehead atoms. The molecule has 1 aromatic carbocycles. The van der Waals surface area contributed by atoms with Crippen LogP contribution in [0.1, 0.15) is 11.6 Å². The highest BCUT2D eigenvalue weighted by Crippen LogP contribution is 2.17. The van der Waals surface area contributed by atoms with Gasteiger partial charge in [-0.1, -0.05) is 12.1 Å². The molecule has 1 atom stereocenters. The molecule has 21 heavy (non-hydrogen) atoms. The van der Waals surface area contributed by atoms with Crippen LogP contribution in [0.2, 0.25) is 0 Å². The zero-order valence-electron chi connectivity index (χ0n) is 12.2. The molecule has 0 aromatic heterocycles. The lowest BCUT2D eigenvalue weighted by molar-refractivity contribution is -0.139. The molecule has 1 saturated heterocycles. The number of hydrogen-bond acceptors (Lipinski definition) is 5. The summed E-state index contributed by atoms with van der Waals surface area (Å²) in [5.41, 5.74) is 0.727. The van der Waals surface area contributed by atoms with Gasteiger partial charge in [0.1, 0.15) is 11.8 Å². The Morgan fingerprint density at radius 1 is 1.38 bits per heavy atom. The topological polar surface area (TPSA) is 71.0 Å². The van der Waals surface area contributed by atoms with Crippen molar-refractivity contribution in [2.75, 3.05) is 46.5 Å². The van der Waals surface area contributed by atoms with Crippen molar-refractivity contribution in [2.45, 2.75) is 6.04 Å². The van der Waals surface area contributed by atoms with Crippen LogP contribution in [-0.2, 0) is 9.53 Å². The molecule has 0 aliphatic carbocycles. The largest absolute Gasteiger partial charge is 0.497 e. The van der Waals surface area contributed by atoms with Gasteiger partial charge in [-0.25, -0.2) is 0 Å². The highest BCUT2D eigenvalue weighted by Gasteiger charge is 2.19. The molecule has 2 rings (SSSR count). The molecule has 6 nitrogen and oxygen atoms in total. The van der Waals surface area contributed by atoms with Crippen LogP contribution in [-0.4, -0.2) is 62.5 Å². The molecule has 1 aliphatic heterocycles. The number of ether oxygens (including phenoxy) is 2. The zero-order valence-corrected chi connectivity index (χ0v) is 12.2. The zero-order chi connectivity index (χ0) is 15.1. The van der Waals surface area contributed by atoms with Crippen LogP contribution in [0.3, 0.4) is 0 Å². The first kappa shape index (κ1) is 15.8. The summed E-state index contributed by atoms with van der Waals surface area (Å²) in [7, 11) is 1.59. The van der Waals surface area contributed by atoms with Crippen molar-refractivity contribution in [1.29, 1.82) is 0 Å². The second-order valence-electron chi connectivity index (χ2n) is 4.95. The van der Waals surface area contributed by atoms with Gasteiger partial charge in [0.2, 0.25) is 0 Å². The van der Waals surface area contributed by atoms with E-state index in [1.54, 1.807) is 31.4 Å². The van der Waals surface area contributed by atoms with Crippen LogP contribution in [0.25, 0.3) is 0 Å². The monoisotopic (exact) mass is 294 g/mol. The van der Waals surface area contributed by atoms with E-state index in [4.69, 9.17) is 9.47 Å². The first-order chi connectivity index (χ1) is 10.2. The van der Waals surface area contributed by atoms with E-state index in [1.807, 2.05) is 0 Å². The number of carbonyl (C=O) groups is 1. The minimum atomic E-state index is -0.873. The lowest BCUT2D eigenvalue weighted by atomic mass is 10.1. The highest BCUT2D eigenvalue weighted by atomic mass is 16.5. The number of methoxy groups -OCH3 is 1. The van der Waals surface area contributed by atoms with Gasteiger partial charge in [-0.2, -0.15) is 0 Å². The fourth-order valence-corrected chi connectivity index (χ4v) is 2.34. The number of hydrogen-bond donors (Lipinski definition) is 2. The second kappa shape index (κ2) is 7.97. The maximum Gasteiger partial charge on any atom is 0.325 e. The Morgan fingerprint density at radius 2 is 2.05 bits per heavy atom. The maximum absolute atomic E-state index is 11.4. The number of carboxylic acids is 1. The molecule has 0 amide bonds. The standard InChI is InChI=1S/C15H22N2O4/c1-20-13-4-2-12(3-5-13)14(15(18)19)16-6-7-17-8-10-21-11-9-17/h2-5,14,16H,6-11H2,1H3,(H,18,19). The second-order valence-corrected chi connectivity index (χ2v) is 4.95. The van der Waals surface area contributed by atoms with Crippen molar-refractivity contribution in [1.82, 2.24) is 10.2 Å². The number of rotatable bonds is 7. The first-order valence-corrected chi connectivity index (χ1v) is 7.11. The van der Waals surface area contributed by atoms with Crippen molar-refractivity contribution in [3.63, 3.8) is 0 Å². The molecule has 0 saturated carbocycles. The van der Waals surface area contributed by atoms with Crippen LogP contribution in [0.15, 0.2) is 24.3 Å². The van der Waals surface area contributed by atoms with Gasteiger partial charge in [-0.05, 0) is 17.7 Å². The van der Waals surface area contributed by atoms with Crippen LogP contribution in [0.4, 0.5) is 0 Å². The minimum absolute atomic E-state index is 0.628. The first-order valence-electron chi connectivity index (χ1n) is 7.11. The van der Waals surface area contributed by atoms with Crippen molar-refractivity contribution in [3.8, 4) is 5.75 Å². The van der Waals surface area contributed by atoms with E-state index >= 15 is 0 Å². The Hall–Kier alpha value is -1.63. The van der Waals surface area contributed by atoms with Gasteiger partial charge in [0.05, 0.1) is 20.3 Å². The van der Waals surface area contributed by atoms with Gasteiger partial charge in [0.15, 0.2) is 0 Å². The predicted octanol–water partition coefficient (Wildman–Crippen LogP) is 0.743. The molecule has 1 fully saturated rings. The van der Waals surface area contributed by atoms with Gasteiger partial charge in [0, 0.05) is 26.2 Å². The van der Waals surface area contributed by atoms with Gasteiger partial charge in [-0.3, -0.25) is 15.0 Å². The Bertz CT molecular complexity index is 443. The number of nitrogens with one attached hydrogen (secondary N) is 1. The van der Waals surface area contributed by atoms with Crippen molar-refractivity contribution in [3.05, 3.63) is 29.8 Å². The van der Waals surface area contributed by atoms with Gasteiger partial charge < -0.3 is 14.6 Å². The molecule has 0 spiro atoms. The fourth-order valence-electron chi connectivity index (χ4n) is 2.34. The minimum Gasteiger partial charge on any atom is -0.497 e. The molecule has 6 heteroatoms. The van der Waals surface area contributed by atoms with Crippen LogP contribution >= 0.6 is 0 Å². The summed E-state index contributed by atoms with van der Waals surface area (Å²) in [6.45, 7) is 4.76. The SMILES string of the molecule is COc1ccc(C(NCCN2CCOCC2)C(=O)O)cc1. The molecule has 2 N–H and O–H groups in total. The molecule has 1 aliphatic rings. The van der Waals surface area contributed by atoms with E-state index in [0.29, 0.717) is 6.54 Å². The fraction of sp³-hybridized carbons (Fsp3) is 0.533. The summed E-state index contributed by atoms with van der Waals surface area (Å²) in [5.74, 6) is -0.154. The summed E-state index contributed by atoms with van der Waals surface area (Å²) >= 11 is 0. The Balaban J connectivity index is 1.87. The lowest BCUT2D eigenvalue weighted by Crippen LogP contribution is -2.41.